The fourth-order valence-electron chi connectivity index (χ4n) is 3.38. The van der Waals surface area contributed by atoms with Gasteiger partial charge in [0, 0.05) is 32.2 Å². The van der Waals surface area contributed by atoms with Crippen molar-refractivity contribution in [3.8, 4) is 0 Å². The molecule has 1 aromatic rings. The Morgan fingerprint density at radius 3 is 2.71 bits per heavy atom. The van der Waals surface area contributed by atoms with Crippen molar-refractivity contribution in [2.24, 2.45) is 13.0 Å². The molecule has 118 valence electrons. The molecule has 1 N–H and O–H groups in total. The predicted molar refractivity (Wildman–Crippen MR) is 86.6 cm³/mol. The first kappa shape index (κ1) is 15.3. The summed E-state index contributed by atoms with van der Waals surface area (Å²) in [6, 6.07) is 1.25. The fourth-order valence-corrected chi connectivity index (χ4v) is 3.73. The maximum Gasteiger partial charge on any atom is 0.0863 e. The second-order valence-electron chi connectivity index (χ2n) is 6.65. The van der Waals surface area contributed by atoms with Crippen LogP contribution in [-0.4, -0.2) is 39.9 Å². The van der Waals surface area contributed by atoms with Crippen molar-refractivity contribution < 1.29 is 0 Å². The summed E-state index contributed by atoms with van der Waals surface area (Å²) in [7, 11) is 2.01. The van der Waals surface area contributed by atoms with Gasteiger partial charge in [0.25, 0.3) is 0 Å². The van der Waals surface area contributed by atoms with E-state index in [1.54, 1.807) is 0 Å². The molecule has 1 saturated heterocycles. The number of hydrogen-bond acceptors (Lipinski definition) is 3. The fraction of sp³-hybridized carbons (Fsp3) is 0.812. The van der Waals surface area contributed by atoms with Crippen LogP contribution in [-0.2, 0) is 20.0 Å². The van der Waals surface area contributed by atoms with Gasteiger partial charge in [-0.15, -0.1) is 0 Å². The number of aryl methyl sites for hydroxylation is 2. The van der Waals surface area contributed by atoms with Gasteiger partial charge >= 0.3 is 0 Å². The van der Waals surface area contributed by atoms with Crippen LogP contribution in [0.25, 0.3) is 0 Å². The molecule has 2 aliphatic rings. The summed E-state index contributed by atoms with van der Waals surface area (Å²) in [5.41, 5.74) is 2.19. The molecule has 21 heavy (non-hydrogen) atoms. The zero-order valence-corrected chi connectivity index (χ0v) is 14.2. The first-order valence-electron chi connectivity index (χ1n) is 8.27. The summed E-state index contributed by atoms with van der Waals surface area (Å²) in [5, 5.41) is 9.16. The molecule has 0 aromatic carbocycles. The zero-order chi connectivity index (χ0) is 15.0. The summed E-state index contributed by atoms with van der Waals surface area (Å²) in [4.78, 5) is 2.59. The Bertz CT molecular complexity index is 495. The summed E-state index contributed by atoms with van der Waals surface area (Å²) in [6.45, 7) is 7.63. The molecule has 1 aliphatic carbocycles. The standard InChI is InChI=1S/C16H27ClN4/c1-4-13-16(17)15(20(3)19-13)10-21-9-14(12-5-6-12)18-8-7-11(21)2/h11-12,14,18H,4-10H2,1-3H3. The van der Waals surface area contributed by atoms with Crippen molar-refractivity contribution in [3.05, 3.63) is 16.4 Å². The molecule has 1 aromatic heterocycles. The lowest BCUT2D eigenvalue weighted by molar-refractivity contribution is 0.186. The highest BCUT2D eigenvalue weighted by atomic mass is 35.5. The molecule has 0 amide bonds. The van der Waals surface area contributed by atoms with Gasteiger partial charge in [-0.2, -0.15) is 5.10 Å². The molecular weight excluding hydrogens is 284 g/mol. The van der Waals surface area contributed by atoms with Gasteiger partial charge in [0.1, 0.15) is 0 Å². The Morgan fingerprint density at radius 2 is 2.10 bits per heavy atom. The Morgan fingerprint density at radius 1 is 1.33 bits per heavy atom. The SMILES string of the molecule is CCc1nn(C)c(CN2CC(C3CC3)NCCC2C)c1Cl. The van der Waals surface area contributed by atoms with Crippen molar-refractivity contribution >= 4 is 11.6 Å². The van der Waals surface area contributed by atoms with E-state index in [9.17, 15) is 0 Å². The van der Waals surface area contributed by atoms with E-state index in [2.05, 4.69) is 29.2 Å². The minimum Gasteiger partial charge on any atom is -0.312 e. The van der Waals surface area contributed by atoms with Crippen molar-refractivity contribution in [3.63, 3.8) is 0 Å². The van der Waals surface area contributed by atoms with Gasteiger partial charge < -0.3 is 5.32 Å². The molecule has 1 aliphatic heterocycles. The van der Waals surface area contributed by atoms with Crippen LogP contribution < -0.4 is 5.32 Å². The molecule has 2 atom stereocenters. The maximum atomic E-state index is 6.52. The molecule has 2 fully saturated rings. The number of aromatic nitrogens is 2. The van der Waals surface area contributed by atoms with E-state index in [-0.39, 0.29) is 0 Å². The normalized spacial score (nSPS) is 27.8. The van der Waals surface area contributed by atoms with Crippen LogP contribution >= 0.6 is 11.6 Å². The van der Waals surface area contributed by atoms with Gasteiger partial charge in [-0.25, -0.2) is 0 Å². The summed E-state index contributed by atoms with van der Waals surface area (Å²) >= 11 is 6.52. The summed E-state index contributed by atoms with van der Waals surface area (Å²) in [6.07, 6.45) is 4.90. The molecule has 0 bridgehead atoms. The second-order valence-corrected chi connectivity index (χ2v) is 7.03. The van der Waals surface area contributed by atoms with E-state index in [1.807, 2.05) is 11.7 Å². The smallest absolute Gasteiger partial charge is 0.0863 e. The maximum absolute atomic E-state index is 6.52. The summed E-state index contributed by atoms with van der Waals surface area (Å²) in [5.74, 6) is 0.894. The van der Waals surface area contributed by atoms with Crippen LogP contribution in [0.3, 0.4) is 0 Å². The molecule has 0 spiro atoms. The van der Waals surface area contributed by atoms with Gasteiger partial charge in [0.15, 0.2) is 0 Å². The van der Waals surface area contributed by atoms with Gasteiger partial charge in [0.2, 0.25) is 0 Å². The number of halogens is 1. The van der Waals surface area contributed by atoms with Gasteiger partial charge in [0.05, 0.1) is 16.4 Å². The topological polar surface area (TPSA) is 33.1 Å². The molecule has 3 rings (SSSR count). The third-order valence-electron chi connectivity index (χ3n) is 5.07. The van der Waals surface area contributed by atoms with E-state index in [1.165, 1.54) is 19.3 Å². The van der Waals surface area contributed by atoms with Crippen LogP contribution in [0.4, 0.5) is 0 Å². The van der Waals surface area contributed by atoms with Crippen molar-refractivity contribution in [1.29, 1.82) is 0 Å². The lowest BCUT2D eigenvalue weighted by Gasteiger charge is -2.29. The third-order valence-corrected chi connectivity index (χ3v) is 5.51. The molecule has 0 radical (unpaired) electrons. The Balaban J connectivity index is 1.76. The van der Waals surface area contributed by atoms with Gasteiger partial charge in [-0.3, -0.25) is 9.58 Å². The molecule has 2 heterocycles. The lowest BCUT2D eigenvalue weighted by atomic mass is 10.1. The van der Waals surface area contributed by atoms with Crippen LogP contribution in [0.2, 0.25) is 5.02 Å². The average molecular weight is 311 g/mol. The highest BCUT2D eigenvalue weighted by Gasteiger charge is 2.35. The molecular formula is C16H27ClN4. The quantitative estimate of drug-likeness (QED) is 0.928. The highest BCUT2D eigenvalue weighted by molar-refractivity contribution is 6.31. The predicted octanol–water partition coefficient (Wildman–Crippen LogP) is 2.60. The Labute approximate surface area is 132 Å². The van der Waals surface area contributed by atoms with Gasteiger partial charge in [-0.05, 0) is 45.1 Å². The minimum atomic E-state index is 0.595. The molecule has 5 heteroatoms. The Kier molecular flexibility index (Phi) is 4.57. The van der Waals surface area contributed by atoms with E-state index >= 15 is 0 Å². The monoisotopic (exact) mass is 310 g/mol. The molecule has 1 saturated carbocycles. The molecule has 2 unspecified atom stereocenters. The zero-order valence-electron chi connectivity index (χ0n) is 13.4. The first-order valence-corrected chi connectivity index (χ1v) is 8.65. The molecule has 4 nitrogen and oxygen atoms in total. The number of hydrogen-bond donors (Lipinski definition) is 1. The van der Waals surface area contributed by atoms with Gasteiger partial charge in [-0.1, -0.05) is 18.5 Å². The highest BCUT2D eigenvalue weighted by Crippen LogP contribution is 2.34. The van der Waals surface area contributed by atoms with E-state index in [0.717, 1.165) is 48.4 Å². The van der Waals surface area contributed by atoms with Crippen molar-refractivity contribution in [2.45, 2.75) is 58.2 Å². The van der Waals surface area contributed by atoms with Crippen LogP contribution in [0.5, 0.6) is 0 Å². The van der Waals surface area contributed by atoms with Crippen molar-refractivity contribution in [1.82, 2.24) is 20.0 Å². The minimum absolute atomic E-state index is 0.595. The van der Waals surface area contributed by atoms with Crippen LogP contribution in [0.15, 0.2) is 0 Å². The second kappa shape index (κ2) is 6.27. The van der Waals surface area contributed by atoms with E-state index in [0.29, 0.717) is 12.1 Å². The number of nitrogens with zero attached hydrogens (tertiary/aromatic N) is 3. The number of rotatable bonds is 4. The average Bonchev–Trinajstić information content (AvgIpc) is 3.26. The lowest BCUT2D eigenvalue weighted by Crippen LogP contribution is -2.41. The van der Waals surface area contributed by atoms with Crippen LogP contribution in [0, 0.1) is 5.92 Å². The van der Waals surface area contributed by atoms with Crippen molar-refractivity contribution in [2.75, 3.05) is 13.1 Å². The largest absolute Gasteiger partial charge is 0.312 e. The summed E-state index contributed by atoms with van der Waals surface area (Å²) < 4.78 is 1.97. The van der Waals surface area contributed by atoms with E-state index < -0.39 is 0 Å². The number of nitrogens with one attached hydrogen (secondary N) is 1. The Hall–Kier alpha value is -0.580. The third kappa shape index (κ3) is 3.27. The first-order chi connectivity index (χ1) is 10.1. The van der Waals surface area contributed by atoms with E-state index in [4.69, 9.17) is 11.6 Å². The van der Waals surface area contributed by atoms with Crippen LogP contribution in [0.1, 0.15) is 44.5 Å².